The summed E-state index contributed by atoms with van der Waals surface area (Å²) in [5, 5.41) is 3.90. The minimum absolute atomic E-state index is 0.0452. The number of amides is 2. The van der Waals surface area contributed by atoms with Crippen molar-refractivity contribution in [2.45, 2.75) is 19.4 Å². The molecule has 1 aromatic heterocycles. The maximum atomic E-state index is 11.2. The molecular formula is C9H9NO2S. The lowest BCUT2D eigenvalue weighted by Gasteiger charge is -2.11. The summed E-state index contributed by atoms with van der Waals surface area (Å²) in [6.07, 6.45) is 0.756. The van der Waals surface area contributed by atoms with E-state index in [1.54, 1.807) is 11.3 Å². The highest BCUT2D eigenvalue weighted by atomic mass is 32.1. The molecule has 0 N–H and O–H groups in total. The van der Waals surface area contributed by atoms with Crippen molar-refractivity contribution in [2.24, 2.45) is 0 Å². The van der Waals surface area contributed by atoms with Crippen LogP contribution < -0.4 is 0 Å². The zero-order valence-electron chi connectivity index (χ0n) is 7.03. The van der Waals surface area contributed by atoms with Crippen molar-refractivity contribution in [3.05, 3.63) is 22.4 Å². The fourth-order valence-corrected chi connectivity index (χ4v) is 2.02. The Bertz CT molecular complexity index is 315. The number of imide groups is 1. The second-order valence-corrected chi connectivity index (χ2v) is 3.79. The summed E-state index contributed by atoms with van der Waals surface area (Å²) in [6, 6.07) is 1.93. The Balaban J connectivity index is 2.09. The molecule has 0 aliphatic carbocycles. The van der Waals surface area contributed by atoms with E-state index >= 15 is 0 Å². The molecule has 1 aliphatic rings. The first-order valence-electron chi connectivity index (χ1n) is 4.11. The number of thiophene rings is 1. The van der Waals surface area contributed by atoms with Gasteiger partial charge < -0.3 is 0 Å². The third kappa shape index (κ3) is 1.62. The largest absolute Gasteiger partial charge is 0.278 e. The number of hydrogen-bond donors (Lipinski definition) is 0. The molecule has 1 aliphatic heterocycles. The number of hydrogen-bond acceptors (Lipinski definition) is 3. The molecule has 0 spiro atoms. The van der Waals surface area contributed by atoms with Gasteiger partial charge in [0, 0.05) is 12.8 Å². The van der Waals surface area contributed by atoms with E-state index in [4.69, 9.17) is 0 Å². The second-order valence-electron chi connectivity index (χ2n) is 3.01. The van der Waals surface area contributed by atoms with Crippen LogP contribution in [0.2, 0.25) is 0 Å². The van der Waals surface area contributed by atoms with Crippen molar-refractivity contribution < 1.29 is 9.59 Å². The van der Waals surface area contributed by atoms with Gasteiger partial charge in [-0.25, -0.2) is 0 Å². The Hall–Kier alpha value is -1.16. The normalized spacial score (nSPS) is 17.1. The summed E-state index contributed by atoms with van der Waals surface area (Å²) < 4.78 is 0. The lowest BCUT2D eigenvalue weighted by Crippen LogP contribution is -2.28. The number of rotatable bonds is 2. The van der Waals surface area contributed by atoms with Gasteiger partial charge in [0.25, 0.3) is 0 Å². The Labute approximate surface area is 80.0 Å². The van der Waals surface area contributed by atoms with Crippen LogP contribution in [0.15, 0.2) is 16.8 Å². The van der Waals surface area contributed by atoms with E-state index in [0.29, 0.717) is 19.4 Å². The van der Waals surface area contributed by atoms with Gasteiger partial charge >= 0.3 is 0 Å². The Morgan fingerprint density at radius 2 is 2.00 bits per heavy atom. The predicted molar refractivity (Wildman–Crippen MR) is 49.1 cm³/mol. The molecule has 0 aromatic carbocycles. The second kappa shape index (κ2) is 3.30. The monoisotopic (exact) mass is 195 g/mol. The van der Waals surface area contributed by atoms with Crippen molar-refractivity contribution in [1.82, 2.24) is 4.90 Å². The van der Waals surface area contributed by atoms with Gasteiger partial charge in [-0.05, 0) is 22.4 Å². The molecule has 2 heterocycles. The minimum Gasteiger partial charge on any atom is -0.278 e. The SMILES string of the molecule is O=C1CCC(=O)N1Cc1ccsc1. The average Bonchev–Trinajstić information content (AvgIpc) is 2.70. The molecule has 0 saturated carbocycles. The molecule has 2 rings (SSSR count). The van der Waals surface area contributed by atoms with Gasteiger partial charge in [-0.2, -0.15) is 11.3 Å². The van der Waals surface area contributed by atoms with E-state index < -0.39 is 0 Å². The molecule has 3 nitrogen and oxygen atoms in total. The van der Waals surface area contributed by atoms with Crippen molar-refractivity contribution in [3.63, 3.8) is 0 Å². The minimum atomic E-state index is -0.0452. The maximum Gasteiger partial charge on any atom is 0.229 e. The Morgan fingerprint density at radius 3 is 2.54 bits per heavy atom. The van der Waals surface area contributed by atoms with Crippen LogP contribution in [0.25, 0.3) is 0 Å². The lowest BCUT2D eigenvalue weighted by molar-refractivity contribution is -0.139. The topological polar surface area (TPSA) is 37.4 Å². The van der Waals surface area contributed by atoms with Crippen LogP contribution in [0.3, 0.4) is 0 Å². The van der Waals surface area contributed by atoms with E-state index in [1.165, 1.54) is 4.90 Å². The van der Waals surface area contributed by atoms with Crippen LogP contribution in [-0.4, -0.2) is 16.7 Å². The van der Waals surface area contributed by atoms with Crippen LogP contribution in [0.5, 0.6) is 0 Å². The molecule has 0 radical (unpaired) electrons. The third-order valence-electron chi connectivity index (χ3n) is 2.08. The number of likely N-dealkylation sites (tertiary alicyclic amines) is 1. The average molecular weight is 195 g/mol. The Kier molecular flexibility index (Phi) is 2.14. The first kappa shape index (κ1) is 8.44. The summed E-state index contributed by atoms with van der Waals surface area (Å²) >= 11 is 1.58. The van der Waals surface area contributed by atoms with E-state index in [1.807, 2.05) is 16.8 Å². The van der Waals surface area contributed by atoms with Crippen LogP contribution in [0.1, 0.15) is 18.4 Å². The van der Waals surface area contributed by atoms with E-state index in [9.17, 15) is 9.59 Å². The summed E-state index contributed by atoms with van der Waals surface area (Å²) in [7, 11) is 0. The van der Waals surface area contributed by atoms with Crippen molar-refractivity contribution in [1.29, 1.82) is 0 Å². The Morgan fingerprint density at radius 1 is 1.31 bits per heavy atom. The van der Waals surface area contributed by atoms with Gasteiger partial charge in [-0.1, -0.05) is 0 Å². The fourth-order valence-electron chi connectivity index (χ4n) is 1.36. The summed E-state index contributed by atoms with van der Waals surface area (Å²) in [4.78, 5) is 23.8. The predicted octanol–water partition coefficient (Wildman–Crippen LogP) is 1.40. The molecule has 1 fully saturated rings. The van der Waals surface area contributed by atoms with Crippen LogP contribution in [0.4, 0.5) is 0 Å². The zero-order chi connectivity index (χ0) is 9.26. The maximum absolute atomic E-state index is 11.2. The van der Waals surface area contributed by atoms with E-state index in [2.05, 4.69) is 0 Å². The van der Waals surface area contributed by atoms with E-state index in [0.717, 1.165) is 5.56 Å². The molecular weight excluding hydrogens is 186 g/mol. The highest BCUT2D eigenvalue weighted by Gasteiger charge is 2.28. The molecule has 68 valence electrons. The first-order chi connectivity index (χ1) is 6.27. The van der Waals surface area contributed by atoms with Gasteiger partial charge in [-0.3, -0.25) is 14.5 Å². The first-order valence-corrected chi connectivity index (χ1v) is 5.06. The number of carbonyl (C=O) groups excluding carboxylic acids is 2. The van der Waals surface area contributed by atoms with Crippen molar-refractivity contribution in [2.75, 3.05) is 0 Å². The molecule has 0 atom stereocenters. The van der Waals surface area contributed by atoms with Gasteiger partial charge in [-0.15, -0.1) is 0 Å². The molecule has 0 unspecified atom stereocenters. The molecule has 13 heavy (non-hydrogen) atoms. The van der Waals surface area contributed by atoms with Crippen molar-refractivity contribution in [3.8, 4) is 0 Å². The lowest BCUT2D eigenvalue weighted by atomic mass is 10.3. The fraction of sp³-hybridized carbons (Fsp3) is 0.333. The van der Waals surface area contributed by atoms with Crippen molar-refractivity contribution >= 4 is 23.2 Å². The molecule has 0 bridgehead atoms. The number of carbonyl (C=O) groups is 2. The molecule has 4 heteroatoms. The molecule has 1 aromatic rings. The summed E-state index contributed by atoms with van der Waals surface area (Å²) in [6.45, 7) is 0.446. The third-order valence-corrected chi connectivity index (χ3v) is 2.81. The van der Waals surface area contributed by atoms with Crippen LogP contribution >= 0.6 is 11.3 Å². The van der Waals surface area contributed by atoms with Gasteiger partial charge in [0.2, 0.25) is 11.8 Å². The standard InChI is InChI=1S/C9H9NO2S/c11-8-1-2-9(12)10(8)5-7-3-4-13-6-7/h3-4,6H,1-2,5H2. The summed E-state index contributed by atoms with van der Waals surface area (Å²) in [5.41, 5.74) is 1.04. The quantitative estimate of drug-likeness (QED) is 0.669. The van der Waals surface area contributed by atoms with Crippen LogP contribution in [0, 0.1) is 0 Å². The molecule has 2 amide bonds. The van der Waals surface area contributed by atoms with Gasteiger partial charge in [0.05, 0.1) is 6.54 Å². The van der Waals surface area contributed by atoms with Gasteiger partial charge in [0.1, 0.15) is 0 Å². The molecule has 1 saturated heterocycles. The zero-order valence-corrected chi connectivity index (χ0v) is 7.84. The smallest absolute Gasteiger partial charge is 0.229 e. The van der Waals surface area contributed by atoms with Gasteiger partial charge in [0.15, 0.2) is 0 Å². The van der Waals surface area contributed by atoms with Crippen LogP contribution in [-0.2, 0) is 16.1 Å². The highest BCUT2D eigenvalue weighted by molar-refractivity contribution is 7.07. The summed E-state index contributed by atoms with van der Waals surface area (Å²) in [5.74, 6) is -0.0904. The number of nitrogens with zero attached hydrogens (tertiary/aromatic N) is 1. The highest BCUT2D eigenvalue weighted by Crippen LogP contribution is 2.16. The van der Waals surface area contributed by atoms with E-state index in [-0.39, 0.29) is 11.8 Å².